The molecule has 4 heteroatoms. The number of thiazole rings is 1. The van der Waals surface area contributed by atoms with Crippen LogP contribution in [0, 0.1) is 13.8 Å². The molecular formula is C15H20N2OS. The normalized spacial score (nSPS) is 12.4. The van der Waals surface area contributed by atoms with Gasteiger partial charge in [-0.1, -0.05) is 12.1 Å². The zero-order chi connectivity index (χ0) is 13.8. The van der Waals surface area contributed by atoms with E-state index in [1.807, 2.05) is 12.1 Å². The van der Waals surface area contributed by atoms with Gasteiger partial charge in [0.1, 0.15) is 5.75 Å². The van der Waals surface area contributed by atoms with Gasteiger partial charge < -0.3 is 10.1 Å². The van der Waals surface area contributed by atoms with Gasteiger partial charge in [-0.3, -0.25) is 0 Å². The van der Waals surface area contributed by atoms with Gasteiger partial charge in [-0.15, -0.1) is 11.3 Å². The highest BCUT2D eigenvalue weighted by Crippen LogP contribution is 2.22. The van der Waals surface area contributed by atoms with Gasteiger partial charge in [-0.2, -0.15) is 0 Å². The quantitative estimate of drug-likeness (QED) is 0.905. The Morgan fingerprint density at radius 2 is 1.95 bits per heavy atom. The molecule has 0 saturated carbocycles. The number of methoxy groups -OCH3 is 1. The van der Waals surface area contributed by atoms with Crippen LogP contribution in [0.25, 0.3) is 0 Å². The van der Waals surface area contributed by atoms with Crippen LogP contribution in [0.2, 0.25) is 0 Å². The summed E-state index contributed by atoms with van der Waals surface area (Å²) in [6, 6.07) is 8.40. The van der Waals surface area contributed by atoms with Gasteiger partial charge in [0.05, 0.1) is 17.8 Å². The number of aryl methyl sites for hydroxylation is 2. The first-order valence-corrected chi connectivity index (χ1v) is 7.22. The Morgan fingerprint density at radius 1 is 1.26 bits per heavy atom. The van der Waals surface area contributed by atoms with Crippen LogP contribution in [0.3, 0.4) is 0 Å². The minimum atomic E-state index is 0.270. The maximum atomic E-state index is 5.15. The third-order valence-electron chi connectivity index (χ3n) is 3.12. The first-order chi connectivity index (χ1) is 9.10. The van der Waals surface area contributed by atoms with E-state index in [9.17, 15) is 0 Å². The number of hydrogen-bond donors (Lipinski definition) is 1. The van der Waals surface area contributed by atoms with Crippen molar-refractivity contribution in [3.8, 4) is 5.75 Å². The molecule has 0 aliphatic carbocycles. The van der Waals surface area contributed by atoms with E-state index in [-0.39, 0.29) is 6.04 Å². The van der Waals surface area contributed by atoms with Crippen molar-refractivity contribution in [1.82, 2.24) is 10.3 Å². The van der Waals surface area contributed by atoms with Crippen LogP contribution in [0.5, 0.6) is 5.75 Å². The van der Waals surface area contributed by atoms with Crippen LogP contribution < -0.4 is 10.1 Å². The fraction of sp³-hybridized carbons (Fsp3) is 0.400. The molecule has 19 heavy (non-hydrogen) atoms. The molecule has 1 atom stereocenters. The van der Waals surface area contributed by atoms with Crippen molar-refractivity contribution in [2.45, 2.75) is 33.4 Å². The van der Waals surface area contributed by atoms with E-state index >= 15 is 0 Å². The first-order valence-electron chi connectivity index (χ1n) is 6.40. The van der Waals surface area contributed by atoms with Crippen molar-refractivity contribution >= 4 is 11.3 Å². The molecule has 0 aliphatic rings. The molecule has 2 aromatic rings. The second-order valence-corrected chi connectivity index (χ2v) is 6.03. The molecule has 1 unspecified atom stereocenters. The zero-order valence-electron chi connectivity index (χ0n) is 11.9. The molecule has 0 spiro atoms. The summed E-state index contributed by atoms with van der Waals surface area (Å²) in [6.45, 7) is 7.18. The average Bonchev–Trinajstić information content (AvgIpc) is 2.75. The lowest BCUT2D eigenvalue weighted by Gasteiger charge is -2.13. The van der Waals surface area contributed by atoms with Gasteiger partial charge in [-0.25, -0.2) is 4.98 Å². The van der Waals surface area contributed by atoms with E-state index in [1.165, 1.54) is 10.4 Å². The van der Waals surface area contributed by atoms with Gasteiger partial charge in [0.2, 0.25) is 0 Å². The van der Waals surface area contributed by atoms with Crippen LogP contribution in [0.1, 0.15) is 34.1 Å². The lowest BCUT2D eigenvalue weighted by molar-refractivity contribution is 0.414. The number of ether oxygens (including phenoxy) is 1. The third-order valence-corrected chi connectivity index (χ3v) is 4.02. The monoisotopic (exact) mass is 276 g/mol. The number of benzene rings is 1. The van der Waals surface area contributed by atoms with E-state index in [1.54, 1.807) is 18.4 Å². The number of aromatic nitrogens is 1. The predicted octanol–water partition coefficient (Wildman–Crippen LogP) is 3.62. The summed E-state index contributed by atoms with van der Waals surface area (Å²) in [5, 5.41) is 4.64. The van der Waals surface area contributed by atoms with Crippen LogP contribution in [-0.4, -0.2) is 12.1 Å². The SMILES string of the molecule is COc1ccc(CNC(C)c2nc(C)sc2C)cc1. The van der Waals surface area contributed by atoms with Crippen LogP contribution in [0.15, 0.2) is 24.3 Å². The molecule has 3 nitrogen and oxygen atoms in total. The summed E-state index contributed by atoms with van der Waals surface area (Å²) >= 11 is 1.76. The van der Waals surface area contributed by atoms with Crippen LogP contribution in [0.4, 0.5) is 0 Å². The molecular weight excluding hydrogens is 256 g/mol. The zero-order valence-corrected chi connectivity index (χ0v) is 12.7. The summed E-state index contributed by atoms with van der Waals surface area (Å²) < 4.78 is 5.15. The van der Waals surface area contributed by atoms with E-state index < -0.39 is 0 Å². The Hall–Kier alpha value is -1.39. The molecule has 2 rings (SSSR count). The number of nitrogens with one attached hydrogen (secondary N) is 1. The molecule has 1 N–H and O–H groups in total. The van der Waals surface area contributed by atoms with Gasteiger partial charge >= 0.3 is 0 Å². The number of hydrogen-bond acceptors (Lipinski definition) is 4. The van der Waals surface area contributed by atoms with Crippen molar-refractivity contribution in [3.63, 3.8) is 0 Å². The van der Waals surface area contributed by atoms with Gasteiger partial charge in [0, 0.05) is 17.5 Å². The maximum Gasteiger partial charge on any atom is 0.118 e. The smallest absolute Gasteiger partial charge is 0.118 e. The van der Waals surface area contributed by atoms with E-state index in [4.69, 9.17) is 4.74 Å². The molecule has 1 aromatic heterocycles. The minimum absolute atomic E-state index is 0.270. The Balaban J connectivity index is 1.96. The second-order valence-electron chi connectivity index (χ2n) is 4.62. The highest BCUT2D eigenvalue weighted by molar-refractivity contribution is 7.11. The van der Waals surface area contributed by atoms with Crippen molar-refractivity contribution in [3.05, 3.63) is 45.4 Å². The number of rotatable bonds is 5. The Kier molecular flexibility index (Phi) is 4.56. The molecule has 1 heterocycles. The summed E-state index contributed by atoms with van der Waals surface area (Å²) in [5.41, 5.74) is 2.41. The fourth-order valence-corrected chi connectivity index (χ4v) is 2.97. The van der Waals surface area contributed by atoms with Crippen molar-refractivity contribution < 1.29 is 4.74 Å². The summed E-state index contributed by atoms with van der Waals surface area (Å²) in [7, 11) is 1.68. The van der Waals surface area contributed by atoms with E-state index in [2.05, 4.69) is 43.2 Å². The lowest BCUT2D eigenvalue weighted by atomic mass is 10.1. The number of nitrogens with zero attached hydrogens (tertiary/aromatic N) is 1. The Bertz CT molecular complexity index is 534. The van der Waals surface area contributed by atoms with Gasteiger partial charge in [0.25, 0.3) is 0 Å². The molecule has 0 amide bonds. The van der Waals surface area contributed by atoms with Crippen molar-refractivity contribution in [2.24, 2.45) is 0 Å². The molecule has 0 radical (unpaired) electrons. The summed E-state index contributed by atoms with van der Waals surface area (Å²) in [4.78, 5) is 5.88. The molecule has 0 saturated heterocycles. The Morgan fingerprint density at radius 3 is 2.47 bits per heavy atom. The lowest BCUT2D eigenvalue weighted by Crippen LogP contribution is -2.19. The highest BCUT2D eigenvalue weighted by atomic mass is 32.1. The van der Waals surface area contributed by atoms with Gasteiger partial charge in [0.15, 0.2) is 0 Å². The van der Waals surface area contributed by atoms with Gasteiger partial charge in [-0.05, 0) is 38.5 Å². The second kappa shape index (κ2) is 6.17. The summed E-state index contributed by atoms with van der Waals surface area (Å²) in [5.74, 6) is 0.891. The maximum absolute atomic E-state index is 5.15. The third kappa shape index (κ3) is 3.55. The molecule has 0 fully saturated rings. The largest absolute Gasteiger partial charge is 0.497 e. The van der Waals surface area contributed by atoms with Crippen molar-refractivity contribution in [2.75, 3.05) is 7.11 Å². The standard InChI is InChI=1S/C15H20N2OS/c1-10(15-11(2)19-12(3)17-15)16-9-13-5-7-14(18-4)8-6-13/h5-8,10,16H,9H2,1-4H3. The molecule has 1 aromatic carbocycles. The summed E-state index contributed by atoms with van der Waals surface area (Å²) in [6.07, 6.45) is 0. The predicted molar refractivity (Wildman–Crippen MR) is 79.8 cm³/mol. The van der Waals surface area contributed by atoms with Crippen molar-refractivity contribution in [1.29, 1.82) is 0 Å². The highest BCUT2D eigenvalue weighted by Gasteiger charge is 2.12. The molecule has 0 aliphatic heterocycles. The van der Waals surface area contributed by atoms with E-state index in [0.29, 0.717) is 0 Å². The topological polar surface area (TPSA) is 34.1 Å². The fourth-order valence-electron chi connectivity index (χ4n) is 2.06. The van der Waals surface area contributed by atoms with Crippen LogP contribution >= 0.6 is 11.3 Å². The Labute approximate surface area is 118 Å². The molecule has 102 valence electrons. The minimum Gasteiger partial charge on any atom is -0.497 e. The first kappa shape index (κ1) is 14.0. The average molecular weight is 276 g/mol. The van der Waals surface area contributed by atoms with Crippen LogP contribution in [-0.2, 0) is 6.54 Å². The molecule has 0 bridgehead atoms. The van der Waals surface area contributed by atoms with E-state index in [0.717, 1.165) is 23.0 Å².